The molecule has 0 bridgehead atoms. The molecule has 5 heteroatoms. The third-order valence-corrected chi connectivity index (χ3v) is 3.29. The van der Waals surface area contributed by atoms with Crippen LogP contribution in [-0.2, 0) is 6.42 Å². The molecule has 1 aromatic carbocycles. The third kappa shape index (κ3) is 2.20. The van der Waals surface area contributed by atoms with Gasteiger partial charge in [-0.25, -0.2) is 4.98 Å². The van der Waals surface area contributed by atoms with Gasteiger partial charge in [0.25, 0.3) is 5.91 Å². The maximum Gasteiger partial charge on any atom is 0.272 e. The zero-order chi connectivity index (χ0) is 13.2. The number of nitrogens with zero attached hydrogens (tertiary/aromatic N) is 2. The predicted molar refractivity (Wildman–Crippen MR) is 68.4 cm³/mol. The molecule has 96 valence electrons. The zero-order valence-electron chi connectivity index (χ0n) is 10.2. The molecular formula is C14H13N3O2. The second-order valence-corrected chi connectivity index (χ2v) is 4.51. The Bertz CT molecular complexity index is 601. The Morgan fingerprint density at radius 3 is 2.95 bits per heavy atom. The first kappa shape index (κ1) is 11.8. The predicted octanol–water partition coefficient (Wildman–Crippen LogP) is 0.865. The molecule has 0 fully saturated rings. The lowest BCUT2D eigenvalue weighted by atomic mass is 10.1. The van der Waals surface area contributed by atoms with Crippen LogP contribution in [-0.4, -0.2) is 27.1 Å². The Balaban J connectivity index is 1.82. The fourth-order valence-electron chi connectivity index (χ4n) is 2.38. The van der Waals surface area contributed by atoms with Crippen molar-refractivity contribution in [2.45, 2.75) is 18.6 Å². The van der Waals surface area contributed by atoms with Crippen molar-refractivity contribution in [3.05, 3.63) is 59.7 Å². The normalized spacial score (nSPS) is 20.9. The first-order valence-corrected chi connectivity index (χ1v) is 6.08. The molecule has 1 heterocycles. The summed E-state index contributed by atoms with van der Waals surface area (Å²) in [5.74, 6) is -0.325. The van der Waals surface area contributed by atoms with Gasteiger partial charge in [-0.15, -0.1) is 0 Å². The van der Waals surface area contributed by atoms with Crippen LogP contribution in [0.4, 0.5) is 0 Å². The fourth-order valence-corrected chi connectivity index (χ4v) is 2.38. The van der Waals surface area contributed by atoms with E-state index < -0.39 is 6.10 Å². The van der Waals surface area contributed by atoms with E-state index in [4.69, 9.17) is 0 Å². The summed E-state index contributed by atoms with van der Waals surface area (Å²) >= 11 is 0. The van der Waals surface area contributed by atoms with Crippen molar-refractivity contribution in [1.82, 2.24) is 15.3 Å². The van der Waals surface area contributed by atoms with E-state index >= 15 is 0 Å². The SMILES string of the molecule is O=C(NC1c2ccccc2CC1O)c1cnccn1. The first-order chi connectivity index (χ1) is 9.25. The lowest BCUT2D eigenvalue weighted by molar-refractivity contribution is 0.0853. The summed E-state index contributed by atoms with van der Waals surface area (Å²) in [4.78, 5) is 19.8. The van der Waals surface area contributed by atoms with Crippen LogP contribution in [0.3, 0.4) is 0 Å². The maximum atomic E-state index is 12.0. The highest BCUT2D eigenvalue weighted by Gasteiger charge is 2.32. The number of carbonyl (C=O) groups is 1. The molecule has 3 rings (SSSR count). The summed E-state index contributed by atoms with van der Waals surface area (Å²) in [6.07, 6.45) is 4.34. The number of aromatic nitrogens is 2. The number of fused-ring (bicyclic) bond motifs is 1. The fraction of sp³-hybridized carbons (Fsp3) is 0.214. The molecule has 1 amide bonds. The van der Waals surface area contributed by atoms with E-state index in [-0.39, 0.29) is 17.6 Å². The van der Waals surface area contributed by atoms with Gasteiger partial charge in [-0.3, -0.25) is 9.78 Å². The van der Waals surface area contributed by atoms with Gasteiger partial charge >= 0.3 is 0 Å². The van der Waals surface area contributed by atoms with Crippen LogP contribution in [0.15, 0.2) is 42.9 Å². The van der Waals surface area contributed by atoms with Crippen LogP contribution in [0.2, 0.25) is 0 Å². The van der Waals surface area contributed by atoms with E-state index in [9.17, 15) is 9.90 Å². The van der Waals surface area contributed by atoms with E-state index in [1.807, 2.05) is 24.3 Å². The smallest absolute Gasteiger partial charge is 0.272 e. The number of hydrogen-bond donors (Lipinski definition) is 2. The van der Waals surface area contributed by atoms with Gasteiger partial charge in [0, 0.05) is 18.8 Å². The van der Waals surface area contributed by atoms with Crippen LogP contribution >= 0.6 is 0 Å². The Hall–Kier alpha value is -2.27. The number of amides is 1. The van der Waals surface area contributed by atoms with Gasteiger partial charge in [0.2, 0.25) is 0 Å². The molecule has 0 saturated carbocycles. The highest BCUT2D eigenvalue weighted by molar-refractivity contribution is 5.92. The summed E-state index contributed by atoms with van der Waals surface area (Å²) in [6, 6.07) is 7.34. The van der Waals surface area contributed by atoms with Crippen molar-refractivity contribution in [2.75, 3.05) is 0 Å². The molecule has 2 N–H and O–H groups in total. The van der Waals surface area contributed by atoms with E-state index in [2.05, 4.69) is 15.3 Å². The molecule has 1 aromatic heterocycles. The second-order valence-electron chi connectivity index (χ2n) is 4.51. The number of aliphatic hydroxyl groups excluding tert-OH is 1. The van der Waals surface area contributed by atoms with Crippen molar-refractivity contribution >= 4 is 5.91 Å². The Kier molecular flexibility index (Phi) is 2.97. The van der Waals surface area contributed by atoms with E-state index in [1.165, 1.54) is 18.6 Å². The molecule has 2 atom stereocenters. The number of nitrogens with one attached hydrogen (secondary N) is 1. The Morgan fingerprint density at radius 1 is 1.32 bits per heavy atom. The molecule has 2 aromatic rings. The second kappa shape index (κ2) is 4.78. The topological polar surface area (TPSA) is 75.1 Å². The van der Waals surface area contributed by atoms with Crippen molar-refractivity contribution in [2.24, 2.45) is 0 Å². The highest BCUT2D eigenvalue weighted by Crippen LogP contribution is 2.31. The van der Waals surface area contributed by atoms with Crippen LogP contribution in [0.5, 0.6) is 0 Å². The molecular weight excluding hydrogens is 242 g/mol. The van der Waals surface area contributed by atoms with Crippen LogP contribution < -0.4 is 5.32 Å². The zero-order valence-corrected chi connectivity index (χ0v) is 10.2. The minimum Gasteiger partial charge on any atom is -0.390 e. The Morgan fingerprint density at radius 2 is 2.16 bits per heavy atom. The minimum atomic E-state index is -0.599. The third-order valence-electron chi connectivity index (χ3n) is 3.29. The molecule has 0 aliphatic heterocycles. The van der Waals surface area contributed by atoms with Crippen LogP contribution in [0.25, 0.3) is 0 Å². The summed E-state index contributed by atoms with van der Waals surface area (Å²) in [5, 5.41) is 12.9. The lowest BCUT2D eigenvalue weighted by Gasteiger charge is -2.17. The van der Waals surface area contributed by atoms with E-state index in [0.717, 1.165) is 11.1 Å². The molecule has 1 aliphatic carbocycles. The van der Waals surface area contributed by atoms with Gasteiger partial charge in [-0.1, -0.05) is 24.3 Å². The van der Waals surface area contributed by atoms with Gasteiger partial charge in [-0.2, -0.15) is 0 Å². The van der Waals surface area contributed by atoms with Crippen LogP contribution in [0.1, 0.15) is 27.7 Å². The monoisotopic (exact) mass is 255 g/mol. The van der Waals surface area contributed by atoms with Gasteiger partial charge < -0.3 is 10.4 Å². The maximum absolute atomic E-state index is 12.0. The molecule has 5 nitrogen and oxygen atoms in total. The molecule has 1 aliphatic rings. The van der Waals surface area contributed by atoms with Crippen molar-refractivity contribution in [3.63, 3.8) is 0 Å². The van der Waals surface area contributed by atoms with Crippen molar-refractivity contribution in [1.29, 1.82) is 0 Å². The highest BCUT2D eigenvalue weighted by atomic mass is 16.3. The first-order valence-electron chi connectivity index (χ1n) is 6.08. The van der Waals surface area contributed by atoms with Gasteiger partial charge in [-0.05, 0) is 11.1 Å². The molecule has 0 saturated heterocycles. The van der Waals surface area contributed by atoms with E-state index in [1.54, 1.807) is 0 Å². The lowest BCUT2D eigenvalue weighted by Crippen LogP contribution is -2.34. The van der Waals surface area contributed by atoms with Crippen molar-refractivity contribution in [3.8, 4) is 0 Å². The van der Waals surface area contributed by atoms with Crippen LogP contribution in [0, 0.1) is 0 Å². The molecule has 0 spiro atoms. The minimum absolute atomic E-state index is 0.249. The van der Waals surface area contributed by atoms with Gasteiger partial charge in [0.1, 0.15) is 5.69 Å². The summed E-state index contributed by atoms with van der Waals surface area (Å²) in [5.41, 5.74) is 2.28. The van der Waals surface area contributed by atoms with Gasteiger partial charge in [0.05, 0.1) is 18.3 Å². The number of rotatable bonds is 2. The Labute approximate surface area is 110 Å². The van der Waals surface area contributed by atoms with E-state index in [0.29, 0.717) is 6.42 Å². The summed E-state index contributed by atoms with van der Waals surface area (Å²) in [7, 11) is 0. The van der Waals surface area contributed by atoms with Gasteiger partial charge in [0.15, 0.2) is 0 Å². The standard InChI is InChI=1S/C14H13N3O2/c18-12-7-9-3-1-2-4-10(9)13(12)17-14(19)11-8-15-5-6-16-11/h1-6,8,12-13,18H,7H2,(H,17,19). The number of hydrogen-bond acceptors (Lipinski definition) is 4. The number of aliphatic hydroxyl groups is 1. The molecule has 19 heavy (non-hydrogen) atoms. The largest absolute Gasteiger partial charge is 0.390 e. The van der Waals surface area contributed by atoms with Crippen molar-refractivity contribution < 1.29 is 9.90 Å². The number of carbonyl (C=O) groups excluding carboxylic acids is 1. The molecule has 0 radical (unpaired) electrons. The average Bonchev–Trinajstić information content (AvgIpc) is 2.76. The quantitative estimate of drug-likeness (QED) is 0.834. The molecule has 2 unspecified atom stereocenters. The average molecular weight is 255 g/mol. The summed E-state index contributed by atoms with van der Waals surface area (Å²) < 4.78 is 0. The number of benzene rings is 1. The summed E-state index contributed by atoms with van der Waals surface area (Å²) in [6.45, 7) is 0.